The lowest BCUT2D eigenvalue weighted by atomic mass is 9.88. The maximum absolute atomic E-state index is 13.5. The predicted molar refractivity (Wildman–Crippen MR) is 218 cm³/mol. The van der Waals surface area contributed by atoms with E-state index in [0.717, 1.165) is 63.2 Å². The first-order chi connectivity index (χ1) is 28.5. The Balaban J connectivity index is 0.848. The van der Waals surface area contributed by atoms with E-state index in [1.807, 2.05) is 35.0 Å². The highest BCUT2D eigenvalue weighted by atomic mass is 16.2. The van der Waals surface area contributed by atoms with Gasteiger partial charge in [-0.25, -0.2) is 4.79 Å². The Hall–Kier alpha value is -6.17. The van der Waals surface area contributed by atoms with Crippen molar-refractivity contribution in [1.29, 1.82) is 0 Å². The first-order valence-electron chi connectivity index (χ1n) is 20.3. The number of carbonyl (C=O) groups excluding carboxylic acids is 6. The van der Waals surface area contributed by atoms with Crippen molar-refractivity contribution < 1.29 is 28.8 Å². The fourth-order valence-corrected chi connectivity index (χ4v) is 8.98. The van der Waals surface area contributed by atoms with Crippen molar-refractivity contribution >= 4 is 59.1 Å². The number of aromatic nitrogens is 3. The van der Waals surface area contributed by atoms with E-state index in [-0.39, 0.29) is 53.5 Å². The number of imide groups is 1. The number of likely N-dealkylation sites (tertiary alicyclic amines) is 1. The van der Waals surface area contributed by atoms with E-state index in [4.69, 9.17) is 10.7 Å². The molecule has 18 heteroatoms. The summed E-state index contributed by atoms with van der Waals surface area (Å²) >= 11 is 0. The van der Waals surface area contributed by atoms with Crippen molar-refractivity contribution in [3.05, 3.63) is 64.8 Å². The molecule has 6 heterocycles. The van der Waals surface area contributed by atoms with Crippen LogP contribution in [0.5, 0.6) is 0 Å². The largest absolute Gasteiger partial charge is 0.368 e. The van der Waals surface area contributed by atoms with Crippen molar-refractivity contribution in [3.8, 4) is 0 Å². The van der Waals surface area contributed by atoms with Crippen LogP contribution in [-0.2, 0) is 9.59 Å². The molecule has 5 fully saturated rings. The van der Waals surface area contributed by atoms with Crippen molar-refractivity contribution in [2.45, 2.75) is 62.6 Å². The molecule has 0 aliphatic carbocycles. The van der Waals surface area contributed by atoms with E-state index in [2.05, 4.69) is 42.8 Å². The predicted octanol–water partition coefficient (Wildman–Crippen LogP) is 1.81. The van der Waals surface area contributed by atoms with Gasteiger partial charge in [0, 0.05) is 82.8 Å². The van der Waals surface area contributed by atoms with Gasteiger partial charge in [-0.3, -0.25) is 34.2 Å². The smallest absolute Gasteiger partial charge is 0.320 e. The van der Waals surface area contributed by atoms with Crippen LogP contribution >= 0.6 is 0 Å². The Morgan fingerprint density at radius 2 is 1.64 bits per heavy atom. The fourth-order valence-electron chi connectivity index (χ4n) is 8.98. The van der Waals surface area contributed by atoms with Gasteiger partial charge in [0.2, 0.25) is 17.8 Å². The number of piperidine rings is 3. The summed E-state index contributed by atoms with van der Waals surface area (Å²) in [6, 6.07) is 13.0. The number of carbonyl (C=O) groups is 6. The van der Waals surface area contributed by atoms with Crippen LogP contribution < -0.4 is 26.2 Å². The molecule has 3 aromatic rings. The maximum atomic E-state index is 13.5. The lowest BCUT2D eigenvalue weighted by Gasteiger charge is -2.49. The van der Waals surface area contributed by atoms with Gasteiger partial charge in [-0.1, -0.05) is 12.1 Å². The first-order valence-corrected chi connectivity index (χ1v) is 20.3. The summed E-state index contributed by atoms with van der Waals surface area (Å²) in [6.45, 7) is 6.18. The number of nitrogens with two attached hydrogens (primary N) is 1. The SMILES string of the molecule is CN1CCN(C2CCCN(c3nnc(C(N)=O)c(Nc4ccc(C5CCN(C6CN(c7ccc(C=O)c(C(=O)N(C)C8CCC(=O)NC8=O)c7)C6)CC5)cc4)n3)C2)C1=O. The molecule has 4 N–H and O–H groups in total. The molecule has 0 spiro atoms. The summed E-state index contributed by atoms with van der Waals surface area (Å²) in [4.78, 5) is 90.8. The van der Waals surface area contributed by atoms with Gasteiger partial charge in [0.15, 0.2) is 17.8 Å². The molecular weight excluding hydrogens is 757 g/mol. The third-order valence-corrected chi connectivity index (χ3v) is 12.6. The second kappa shape index (κ2) is 16.6. The molecule has 6 amide bonds. The molecule has 2 atom stereocenters. The summed E-state index contributed by atoms with van der Waals surface area (Å²) in [6.07, 6.45) is 4.82. The van der Waals surface area contributed by atoms with E-state index in [1.165, 1.54) is 17.5 Å². The van der Waals surface area contributed by atoms with E-state index >= 15 is 0 Å². The van der Waals surface area contributed by atoms with E-state index in [9.17, 15) is 28.8 Å². The van der Waals surface area contributed by atoms with Gasteiger partial charge in [-0.05, 0) is 87.0 Å². The minimum absolute atomic E-state index is 0.0351. The Morgan fingerprint density at radius 1 is 0.898 bits per heavy atom. The van der Waals surface area contributed by atoms with Gasteiger partial charge >= 0.3 is 6.03 Å². The van der Waals surface area contributed by atoms with Crippen LogP contribution in [-0.4, -0.2) is 155 Å². The van der Waals surface area contributed by atoms with Crippen LogP contribution in [0.1, 0.15) is 81.2 Å². The summed E-state index contributed by atoms with van der Waals surface area (Å²) in [5.41, 5.74) is 8.93. The molecular formula is C41H50N12O6. The lowest BCUT2D eigenvalue weighted by molar-refractivity contribution is -0.136. The highest BCUT2D eigenvalue weighted by Crippen LogP contribution is 2.34. The van der Waals surface area contributed by atoms with Crippen LogP contribution in [0.25, 0.3) is 0 Å². The molecule has 0 saturated carbocycles. The number of likely N-dealkylation sites (N-methyl/N-ethyl adjacent to an activating group) is 2. The van der Waals surface area contributed by atoms with E-state index in [0.29, 0.717) is 50.4 Å². The molecule has 5 saturated heterocycles. The molecule has 310 valence electrons. The molecule has 1 aromatic heterocycles. The van der Waals surface area contributed by atoms with Crippen molar-refractivity contribution in [1.82, 2.24) is 40.1 Å². The molecule has 0 bridgehead atoms. The first kappa shape index (κ1) is 39.6. The highest BCUT2D eigenvalue weighted by molar-refractivity contribution is 6.06. The molecule has 2 unspecified atom stereocenters. The molecule has 59 heavy (non-hydrogen) atoms. The monoisotopic (exact) mass is 806 g/mol. The van der Waals surface area contributed by atoms with Gasteiger partial charge < -0.3 is 35.6 Å². The second-order valence-electron chi connectivity index (χ2n) is 16.2. The number of amides is 6. The summed E-state index contributed by atoms with van der Waals surface area (Å²) < 4.78 is 0. The van der Waals surface area contributed by atoms with Crippen LogP contribution in [0.3, 0.4) is 0 Å². The average Bonchev–Trinajstić information content (AvgIpc) is 3.57. The van der Waals surface area contributed by atoms with Gasteiger partial charge in [-0.15, -0.1) is 10.2 Å². The molecule has 5 aliphatic heterocycles. The minimum atomic E-state index is -0.779. The third-order valence-electron chi connectivity index (χ3n) is 12.6. The van der Waals surface area contributed by atoms with Gasteiger partial charge in [0.25, 0.3) is 11.8 Å². The van der Waals surface area contributed by atoms with Crippen LogP contribution in [0, 0.1) is 0 Å². The summed E-state index contributed by atoms with van der Waals surface area (Å²) in [5, 5.41) is 13.9. The van der Waals surface area contributed by atoms with Crippen molar-refractivity contribution in [2.24, 2.45) is 5.73 Å². The fraction of sp³-hybridized carbons (Fsp3) is 0.488. The molecule has 5 aliphatic rings. The Bertz CT molecular complexity index is 2140. The number of hydrogen-bond donors (Lipinski definition) is 3. The standard InChI is InChI=1S/C41H50N12O6/c1-48-18-19-53(41(48)59)30-4-3-15-51(21-30)40-45-37(35(36(42)56)46-47-40)43-28-8-5-25(6-9-28)26-13-16-50(17-14-26)31-22-52(23-31)29-10-7-27(24-54)32(20-29)39(58)49(2)33-11-12-34(55)44-38(33)57/h5-10,20,24,26,30-31,33H,3-4,11-19,21-23H2,1-2H3,(H2,42,56)(H,43,45,47)(H,44,55,57). The summed E-state index contributed by atoms with van der Waals surface area (Å²) in [5.74, 6) is -1.02. The number of benzene rings is 2. The van der Waals surface area contributed by atoms with E-state index < -0.39 is 23.8 Å². The number of nitrogens with zero attached hydrogens (tertiary/aromatic N) is 9. The number of urea groups is 1. The molecule has 8 rings (SSSR count). The number of primary amides is 1. The number of aldehydes is 1. The Labute approximate surface area is 342 Å². The number of anilines is 4. The van der Waals surface area contributed by atoms with Gasteiger partial charge in [0.1, 0.15) is 6.04 Å². The van der Waals surface area contributed by atoms with E-state index in [1.54, 1.807) is 17.0 Å². The van der Waals surface area contributed by atoms with Gasteiger partial charge in [-0.2, -0.15) is 4.98 Å². The van der Waals surface area contributed by atoms with Crippen molar-refractivity contribution in [2.75, 3.05) is 81.6 Å². The zero-order valence-electron chi connectivity index (χ0n) is 33.4. The summed E-state index contributed by atoms with van der Waals surface area (Å²) in [7, 11) is 3.34. The van der Waals surface area contributed by atoms with Crippen LogP contribution in [0.4, 0.5) is 27.9 Å². The average molecular weight is 807 g/mol. The lowest BCUT2D eigenvalue weighted by Crippen LogP contribution is -2.60. The normalized spacial score (nSPS) is 22.0. The van der Waals surface area contributed by atoms with Crippen molar-refractivity contribution in [3.63, 3.8) is 0 Å². The quantitative estimate of drug-likeness (QED) is 0.187. The number of hydrogen-bond acceptors (Lipinski definition) is 13. The topological polar surface area (TPSA) is 211 Å². The van der Waals surface area contributed by atoms with Crippen LogP contribution in [0.15, 0.2) is 42.5 Å². The zero-order chi connectivity index (χ0) is 41.4. The number of rotatable bonds is 11. The second-order valence-corrected chi connectivity index (χ2v) is 16.2. The molecule has 0 radical (unpaired) electrons. The molecule has 2 aromatic carbocycles. The third kappa shape index (κ3) is 8.13. The molecule has 18 nitrogen and oxygen atoms in total. The van der Waals surface area contributed by atoms with Gasteiger partial charge in [0.05, 0.1) is 11.6 Å². The maximum Gasteiger partial charge on any atom is 0.320 e. The Morgan fingerprint density at radius 3 is 2.32 bits per heavy atom. The highest BCUT2D eigenvalue weighted by Gasteiger charge is 2.38. The minimum Gasteiger partial charge on any atom is -0.368 e. The van der Waals surface area contributed by atoms with Crippen LogP contribution in [0.2, 0.25) is 0 Å². The number of nitrogens with one attached hydrogen (secondary N) is 2. The zero-order valence-corrected chi connectivity index (χ0v) is 33.4. The Kier molecular flexibility index (Phi) is 11.2.